The summed E-state index contributed by atoms with van der Waals surface area (Å²) in [5.74, 6) is -2.77. The Hall–Kier alpha value is -1.06. The Morgan fingerprint density at radius 1 is 1.55 bits per heavy atom. The van der Waals surface area contributed by atoms with Gasteiger partial charge in [-0.1, -0.05) is 13.3 Å². The van der Waals surface area contributed by atoms with Crippen LogP contribution in [0.25, 0.3) is 0 Å². The molecular formula is C7H12O4. The number of esters is 1. The number of hydrogen-bond donors (Lipinski definition) is 1. The maximum absolute atomic E-state index is 10.7. The summed E-state index contributed by atoms with van der Waals surface area (Å²) in [6.45, 7) is 1.82. The third kappa shape index (κ3) is 3.02. The molecule has 0 aliphatic heterocycles. The smallest absolute Gasteiger partial charge is 0.320 e. The summed E-state index contributed by atoms with van der Waals surface area (Å²) in [4.78, 5) is 21.1. The summed E-state index contributed by atoms with van der Waals surface area (Å²) in [5.41, 5.74) is 0. The monoisotopic (exact) mass is 160 g/mol. The van der Waals surface area contributed by atoms with Crippen molar-refractivity contribution in [1.29, 1.82) is 0 Å². The zero-order valence-electron chi connectivity index (χ0n) is 6.66. The van der Waals surface area contributed by atoms with E-state index in [9.17, 15) is 9.59 Å². The second-order valence-electron chi connectivity index (χ2n) is 2.20. The van der Waals surface area contributed by atoms with Crippen molar-refractivity contribution < 1.29 is 19.4 Å². The molecule has 4 nitrogen and oxygen atoms in total. The van der Waals surface area contributed by atoms with Crippen LogP contribution < -0.4 is 0 Å². The molecule has 1 atom stereocenters. The van der Waals surface area contributed by atoms with Gasteiger partial charge in [0.15, 0.2) is 5.92 Å². The van der Waals surface area contributed by atoms with Crippen LogP contribution >= 0.6 is 0 Å². The van der Waals surface area contributed by atoms with Crippen LogP contribution in [0.3, 0.4) is 0 Å². The van der Waals surface area contributed by atoms with E-state index < -0.39 is 17.9 Å². The van der Waals surface area contributed by atoms with E-state index in [2.05, 4.69) is 4.74 Å². The lowest BCUT2D eigenvalue weighted by atomic mass is 10.1. The van der Waals surface area contributed by atoms with Crippen molar-refractivity contribution in [2.24, 2.45) is 5.92 Å². The normalized spacial score (nSPS) is 12.2. The van der Waals surface area contributed by atoms with Crippen molar-refractivity contribution >= 4 is 11.9 Å². The predicted octanol–water partition coefficient (Wildman–Crippen LogP) is 0.660. The summed E-state index contributed by atoms with van der Waals surface area (Å²) >= 11 is 0. The van der Waals surface area contributed by atoms with E-state index in [0.29, 0.717) is 12.8 Å². The lowest BCUT2D eigenvalue weighted by Crippen LogP contribution is -2.24. The molecule has 0 saturated carbocycles. The SMILES string of the molecule is CCCC(C(=O)O)C(=O)OC. The van der Waals surface area contributed by atoms with Gasteiger partial charge in [-0.2, -0.15) is 0 Å². The maximum Gasteiger partial charge on any atom is 0.320 e. The van der Waals surface area contributed by atoms with Gasteiger partial charge >= 0.3 is 11.9 Å². The van der Waals surface area contributed by atoms with Gasteiger partial charge in [-0.25, -0.2) is 0 Å². The fourth-order valence-electron chi connectivity index (χ4n) is 0.773. The van der Waals surface area contributed by atoms with Gasteiger partial charge in [0.1, 0.15) is 0 Å². The Morgan fingerprint density at radius 3 is 2.36 bits per heavy atom. The third-order valence-electron chi connectivity index (χ3n) is 1.36. The molecule has 64 valence electrons. The number of hydrogen-bond acceptors (Lipinski definition) is 3. The standard InChI is InChI=1S/C7H12O4/c1-3-4-5(6(8)9)7(10)11-2/h5H,3-4H2,1-2H3,(H,8,9). The van der Waals surface area contributed by atoms with E-state index in [1.54, 1.807) is 0 Å². The molecule has 0 aromatic rings. The first kappa shape index (κ1) is 9.94. The van der Waals surface area contributed by atoms with Crippen LogP contribution in [0, 0.1) is 5.92 Å². The Balaban J connectivity index is 4.09. The summed E-state index contributed by atoms with van der Waals surface area (Å²) in [6, 6.07) is 0. The van der Waals surface area contributed by atoms with Crippen LogP contribution in [0.5, 0.6) is 0 Å². The molecule has 0 aromatic heterocycles. The van der Waals surface area contributed by atoms with E-state index in [4.69, 9.17) is 5.11 Å². The van der Waals surface area contributed by atoms with Crippen molar-refractivity contribution in [3.05, 3.63) is 0 Å². The van der Waals surface area contributed by atoms with Crippen molar-refractivity contribution in [2.75, 3.05) is 7.11 Å². The van der Waals surface area contributed by atoms with Crippen LogP contribution in [0.2, 0.25) is 0 Å². The molecule has 0 saturated heterocycles. The fourth-order valence-corrected chi connectivity index (χ4v) is 0.773. The lowest BCUT2D eigenvalue weighted by molar-refractivity contribution is -0.157. The zero-order valence-corrected chi connectivity index (χ0v) is 6.66. The van der Waals surface area contributed by atoms with Crippen LogP contribution in [0.1, 0.15) is 19.8 Å². The molecule has 0 heterocycles. The largest absolute Gasteiger partial charge is 0.481 e. The Bertz CT molecular complexity index is 153. The first-order valence-corrected chi connectivity index (χ1v) is 3.44. The van der Waals surface area contributed by atoms with Gasteiger partial charge < -0.3 is 9.84 Å². The molecule has 0 amide bonds. The van der Waals surface area contributed by atoms with Crippen LogP contribution in [0.15, 0.2) is 0 Å². The molecular weight excluding hydrogens is 148 g/mol. The molecule has 1 N–H and O–H groups in total. The van der Waals surface area contributed by atoms with Gasteiger partial charge in [0.2, 0.25) is 0 Å². The molecule has 1 unspecified atom stereocenters. The number of carbonyl (C=O) groups is 2. The highest BCUT2D eigenvalue weighted by atomic mass is 16.5. The molecule has 0 aliphatic carbocycles. The van der Waals surface area contributed by atoms with E-state index in [0.717, 1.165) is 0 Å². The summed E-state index contributed by atoms with van der Waals surface area (Å²) < 4.78 is 4.31. The second kappa shape index (κ2) is 4.71. The highest BCUT2D eigenvalue weighted by Gasteiger charge is 2.25. The molecule has 0 bridgehead atoms. The summed E-state index contributed by atoms with van der Waals surface area (Å²) in [7, 11) is 1.19. The molecule has 0 aliphatic rings. The number of carboxylic acid groups (broad SMARTS) is 1. The number of ether oxygens (including phenoxy) is 1. The first-order valence-electron chi connectivity index (χ1n) is 3.44. The molecule has 0 spiro atoms. The van der Waals surface area contributed by atoms with Gasteiger partial charge in [-0.3, -0.25) is 9.59 Å². The minimum Gasteiger partial charge on any atom is -0.481 e. The van der Waals surface area contributed by atoms with Crippen LogP contribution in [0.4, 0.5) is 0 Å². The Labute approximate surface area is 65.2 Å². The van der Waals surface area contributed by atoms with Crippen molar-refractivity contribution in [2.45, 2.75) is 19.8 Å². The third-order valence-corrected chi connectivity index (χ3v) is 1.36. The van der Waals surface area contributed by atoms with E-state index in [1.165, 1.54) is 7.11 Å². The highest BCUT2D eigenvalue weighted by Crippen LogP contribution is 2.07. The second-order valence-corrected chi connectivity index (χ2v) is 2.20. The molecule has 4 heteroatoms. The lowest BCUT2D eigenvalue weighted by Gasteiger charge is -2.06. The van der Waals surface area contributed by atoms with Gasteiger partial charge in [0, 0.05) is 0 Å². The van der Waals surface area contributed by atoms with Crippen LogP contribution in [-0.2, 0) is 14.3 Å². The van der Waals surface area contributed by atoms with Crippen molar-refractivity contribution in [3.63, 3.8) is 0 Å². The minimum atomic E-state index is -1.11. The maximum atomic E-state index is 10.7. The van der Waals surface area contributed by atoms with Gasteiger partial charge in [-0.15, -0.1) is 0 Å². The van der Waals surface area contributed by atoms with Gasteiger partial charge in [0.05, 0.1) is 7.11 Å². The Kier molecular flexibility index (Phi) is 4.26. The number of aliphatic carboxylic acids is 1. The zero-order chi connectivity index (χ0) is 8.85. The highest BCUT2D eigenvalue weighted by molar-refractivity contribution is 5.93. The number of carboxylic acids is 1. The van der Waals surface area contributed by atoms with E-state index in [-0.39, 0.29) is 0 Å². The van der Waals surface area contributed by atoms with Gasteiger partial charge in [-0.05, 0) is 6.42 Å². The molecule has 11 heavy (non-hydrogen) atoms. The quantitative estimate of drug-likeness (QED) is 0.484. The number of methoxy groups -OCH3 is 1. The Morgan fingerprint density at radius 2 is 2.09 bits per heavy atom. The number of carbonyl (C=O) groups excluding carboxylic acids is 1. The van der Waals surface area contributed by atoms with Crippen molar-refractivity contribution in [1.82, 2.24) is 0 Å². The van der Waals surface area contributed by atoms with E-state index >= 15 is 0 Å². The predicted molar refractivity (Wildman–Crippen MR) is 38.0 cm³/mol. The summed E-state index contributed by atoms with van der Waals surface area (Å²) in [5, 5.41) is 8.51. The van der Waals surface area contributed by atoms with E-state index in [1.807, 2.05) is 6.92 Å². The molecule has 0 radical (unpaired) electrons. The molecule has 0 aromatic carbocycles. The molecule has 0 fully saturated rings. The summed E-state index contributed by atoms with van der Waals surface area (Å²) in [6.07, 6.45) is 0.994. The number of rotatable bonds is 4. The molecule has 0 rings (SSSR count). The topological polar surface area (TPSA) is 63.6 Å². The fraction of sp³-hybridized carbons (Fsp3) is 0.714. The van der Waals surface area contributed by atoms with Gasteiger partial charge in [0.25, 0.3) is 0 Å². The minimum absolute atomic E-state index is 0.335. The van der Waals surface area contributed by atoms with Crippen LogP contribution in [-0.4, -0.2) is 24.2 Å². The first-order chi connectivity index (χ1) is 5.13. The average molecular weight is 160 g/mol. The van der Waals surface area contributed by atoms with Crippen molar-refractivity contribution in [3.8, 4) is 0 Å². The average Bonchev–Trinajstić information content (AvgIpc) is 1.98.